The van der Waals surface area contributed by atoms with Crippen LogP contribution in [-0.4, -0.2) is 24.7 Å². The Morgan fingerprint density at radius 1 is 1.43 bits per heavy atom. The van der Waals surface area contributed by atoms with Crippen LogP contribution in [0.4, 0.5) is 13.2 Å². The maximum absolute atomic E-state index is 11.6. The van der Waals surface area contributed by atoms with E-state index >= 15 is 0 Å². The highest BCUT2D eigenvalue weighted by atomic mass is 35.5. The van der Waals surface area contributed by atoms with Gasteiger partial charge in [0.25, 0.3) is 0 Å². The lowest BCUT2D eigenvalue weighted by molar-refractivity contribution is -0.139. The molecule has 0 unspecified atom stereocenters. The number of hydrogen-bond donors (Lipinski definition) is 2. The average Bonchev–Trinajstić information content (AvgIpc) is 1.97. The van der Waals surface area contributed by atoms with E-state index in [0.29, 0.717) is 0 Å². The summed E-state index contributed by atoms with van der Waals surface area (Å²) in [6, 6.07) is -0.887. The third-order valence-corrected chi connectivity index (χ3v) is 1.48. The van der Waals surface area contributed by atoms with Gasteiger partial charge in [0, 0.05) is 0 Å². The van der Waals surface area contributed by atoms with Crippen molar-refractivity contribution in [3.05, 3.63) is 0 Å². The first kappa shape index (κ1) is 16.0. The van der Waals surface area contributed by atoms with Crippen LogP contribution in [0.1, 0.15) is 13.8 Å². The van der Waals surface area contributed by atoms with Crippen LogP contribution < -0.4 is 11.1 Å². The molecule has 0 aromatic heterocycles. The lowest BCUT2D eigenvalue weighted by Crippen LogP contribution is -2.46. The highest BCUT2D eigenvalue weighted by Gasteiger charge is 2.29. The third-order valence-electron chi connectivity index (χ3n) is 1.48. The molecule has 0 saturated carbocycles. The fourth-order valence-electron chi connectivity index (χ4n) is 0.608. The number of carbonyl (C=O) groups is 1. The van der Waals surface area contributed by atoms with Gasteiger partial charge >= 0.3 is 6.18 Å². The van der Waals surface area contributed by atoms with Crippen LogP contribution in [-0.2, 0) is 4.79 Å². The average molecular weight is 235 g/mol. The number of nitrogens with one attached hydrogen (secondary N) is 1. The van der Waals surface area contributed by atoms with E-state index in [9.17, 15) is 18.0 Å². The lowest BCUT2D eigenvalue weighted by Gasteiger charge is -2.15. The Morgan fingerprint density at radius 3 is 2.14 bits per heavy atom. The third kappa shape index (κ3) is 6.97. The van der Waals surface area contributed by atoms with Crippen LogP contribution in [0.5, 0.6) is 0 Å². The molecule has 0 aliphatic rings. The van der Waals surface area contributed by atoms with E-state index in [2.05, 4.69) is 0 Å². The van der Waals surface area contributed by atoms with E-state index in [4.69, 9.17) is 5.73 Å². The monoisotopic (exact) mass is 234 g/mol. The molecular formula is C7H14ClF3N2O. The van der Waals surface area contributed by atoms with E-state index in [1.165, 1.54) is 0 Å². The molecule has 0 rings (SSSR count). The summed E-state index contributed by atoms with van der Waals surface area (Å²) in [4.78, 5) is 10.9. The summed E-state index contributed by atoms with van der Waals surface area (Å²) in [5.74, 6) is -0.944. The Labute approximate surface area is 86.6 Å². The molecule has 0 heterocycles. The molecule has 0 aliphatic heterocycles. The second-order valence-electron chi connectivity index (χ2n) is 3.10. The zero-order valence-electron chi connectivity index (χ0n) is 7.89. The molecule has 0 spiro atoms. The summed E-state index contributed by atoms with van der Waals surface area (Å²) in [6.45, 7) is 2.00. The van der Waals surface area contributed by atoms with Crippen molar-refractivity contribution in [2.24, 2.45) is 11.7 Å². The van der Waals surface area contributed by atoms with Crippen LogP contribution in [0.3, 0.4) is 0 Å². The minimum atomic E-state index is -4.38. The van der Waals surface area contributed by atoms with Gasteiger partial charge in [-0.1, -0.05) is 13.8 Å². The quantitative estimate of drug-likeness (QED) is 0.768. The number of nitrogens with two attached hydrogens (primary N) is 1. The molecule has 0 aromatic rings. The lowest BCUT2D eigenvalue weighted by atomic mass is 10.1. The van der Waals surface area contributed by atoms with Gasteiger partial charge in [-0.3, -0.25) is 4.79 Å². The van der Waals surface area contributed by atoms with Crippen molar-refractivity contribution in [2.75, 3.05) is 6.54 Å². The normalized spacial score (nSPS) is 13.4. The largest absolute Gasteiger partial charge is 0.405 e. The van der Waals surface area contributed by atoms with Crippen molar-refractivity contribution in [1.29, 1.82) is 0 Å². The SMILES string of the molecule is CC(C)[C@@H](N)C(=O)NCC(F)(F)F.Cl. The van der Waals surface area contributed by atoms with Gasteiger partial charge in [-0.2, -0.15) is 13.2 Å². The Kier molecular flexibility index (Phi) is 6.93. The van der Waals surface area contributed by atoms with Gasteiger partial charge in [-0.25, -0.2) is 0 Å². The zero-order chi connectivity index (χ0) is 10.6. The molecule has 0 radical (unpaired) electrons. The van der Waals surface area contributed by atoms with E-state index in [0.717, 1.165) is 0 Å². The van der Waals surface area contributed by atoms with Crippen molar-refractivity contribution in [3.63, 3.8) is 0 Å². The summed E-state index contributed by atoms with van der Waals surface area (Å²) in [7, 11) is 0. The van der Waals surface area contributed by atoms with Crippen LogP contribution in [0.15, 0.2) is 0 Å². The van der Waals surface area contributed by atoms with Gasteiger partial charge < -0.3 is 11.1 Å². The standard InChI is InChI=1S/C7H13F3N2O.ClH/c1-4(2)5(11)6(13)12-3-7(8,9)10;/h4-5H,3,11H2,1-2H3,(H,12,13);1H/t5-;/m1./s1. The highest BCUT2D eigenvalue weighted by molar-refractivity contribution is 5.85. The minimum Gasteiger partial charge on any atom is -0.346 e. The molecule has 14 heavy (non-hydrogen) atoms. The van der Waals surface area contributed by atoms with Gasteiger partial charge in [0.2, 0.25) is 5.91 Å². The molecule has 3 N–H and O–H groups in total. The highest BCUT2D eigenvalue weighted by Crippen LogP contribution is 2.12. The fourth-order valence-corrected chi connectivity index (χ4v) is 0.608. The van der Waals surface area contributed by atoms with E-state index in [-0.39, 0.29) is 18.3 Å². The molecule has 1 atom stereocenters. The molecule has 0 bridgehead atoms. The summed E-state index contributed by atoms with van der Waals surface area (Å²) in [6.07, 6.45) is -4.38. The molecule has 1 amide bonds. The Bertz CT molecular complexity index is 184. The molecule has 7 heteroatoms. The van der Waals surface area contributed by atoms with Crippen LogP contribution in [0.25, 0.3) is 0 Å². The molecule has 0 fully saturated rings. The predicted octanol–water partition coefficient (Wildman–Crippen LogP) is 1.07. The summed E-state index contributed by atoms with van der Waals surface area (Å²) in [5.41, 5.74) is 5.31. The number of amides is 1. The first-order valence-electron chi connectivity index (χ1n) is 3.84. The van der Waals surface area contributed by atoms with Gasteiger partial charge in [-0.05, 0) is 5.92 Å². The zero-order valence-corrected chi connectivity index (χ0v) is 8.71. The van der Waals surface area contributed by atoms with Crippen LogP contribution in [0.2, 0.25) is 0 Å². The topological polar surface area (TPSA) is 55.1 Å². The second-order valence-corrected chi connectivity index (χ2v) is 3.10. The predicted molar refractivity (Wildman–Crippen MR) is 49.1 cm³/mol. The Balaban J connectivity index is 0. The number of rotatable bonds is 3. The Morgan fingerprint density at radius 2 is 1.86 bits per heavy atom. The molecule has 0 aromatic carbocycles. The summed E-state index contributed by atoms with van der Waals surface area (Å²) in [5, 5.41) is 1.71. The molecular weight excluding hydrogens is 221 g/mol. The van der Waals surface area contributed by atoms with E-state index in [1.54, 1.807) is 19.2 Å². The maximum Gasteiger partial charge on any atom is 0.405 e. The second kappa shape index (κ2) is 6.08. The van der Waals surface area contributed by atoms with Crippen molar-refractivity contribution >= 4 is 18.3 Å². The fraction of sp³-hybridized carbons (Fsp3) is 0.857. The van der Waals surface area contributed by atoms with Crippen LogP contribution in [0, 0.1) is 5.92 Å². The summed E-state index contributed by atoms with van der Waals surface area (Å²) < 4.78 is 34.9. The Hall–Kier alpha value is -0.490. The van der Waals surface area contributed by atoms with Gasteiger partial charge in [0.15, 0.2) is 0 Å². The van der Waals surface area contributed by atoms with Crippen LogP contribution >= 0.6 is 12.4 Å². The van der Waals surface area contributed by atoms with Crippen molar-refractivity contribution in [2.45, 2.75) is 26.1 Å². The first-order valence-corrected chi connectivity index (χ1v) is 3.84. The van der Waals surface area contributed by atoms with Gasteiger partial charge in [-0.15, -0.1) is 12.4 Å². The number of hydrogen-bond acceptors (Lipinski definition) is 2. The van der Waals surface area contributed by atoms with Gasteiger partial charge in [0.1, 0.15) is 6.54 Å². The number of carbonyl (C=O) groups excluding carboxylic acids is 1. The molecule has 86 valence electrons. The molecule has 0 saturated heterocycles. The summed E-state index contributed by atoms with van der Waals surface area (Å²) >= 11 is 0. The first-order chi connectivity index (χ1) is 5.74. The number of alkyl halides is 3. The number of halogens is 4. The van der Waals surface area contributed by atoms with E-state index in [1.807, 2.05) is 0 Å². The van der Waals surface area contributed by atoms with Crippen molar-refractivity contribution in [1.82, 2.24) is 5.32 Å². The smallest absolute Gasteiger partial charge is 0.346 e. The molecule has 3 nitrogen and oxygen atoms in total. The van der Waals surface area contributed by atoms with E-state index < -0.39 is 24.7 Å². The minimum absolute atomic E-state index is 0. The molecule has 0 aliphatic carbocycles. The maximum atomic E-state index is 11.6. The van der Waals surface area contributed by atoms with Crippen molar-refractivity contribution in [3.8, 4) is 0 Å². The van der Waals surface area contributed by atoms with Gasteiger partial charge in [0.05, 0.1) is 6.04 Å². The van der Waals surface area contributed by atoms with Crippen molar-refractivity contribution < 1.29 is 18.0 Å².